The largest absolute Gasteiger partial charge is 0.462 e. The van der Waals surface area contributed by atoms with Crippen molar-refractivity contribution < 1.29 is 42.9 Å². The summed E-state index contributed by atoms with van der Waals surface area (Å²) in [6.07, 6.45) is 14.7. The van der Waals surface area contributed by atoms with Gasteiger partial charge in [-0.25, -0.2) is 19.2 Å². The average Bonchev–Trinajstić information content (AvgIpc) is 3.13. The Hall–Kier alpha value is -4.01. The molecule has 0 heterocycles. The summed E-state index contributed by atoms with van der Waals surface area (Å²) in [4.78, 5) is 66.4. The molecular formula is C41H58O9. The zero-order valence-corrected chi connectivity index (χ0v) is 30.8. The van der Waals surface area contributed by atoms with Crippen molar-refractivity contribution in [2.45, 2.75) is 130 Å². The Bertz CT molecular complexity index is 1260. The molecule has 0 spiro atoms. The number of hydrogen-bond acceptors (Lipinski definition) is 9. The van der Waals surface area contributed by atoms with Crippen molar-refractivity contribution in [2.75, 3.05) is 26.4 Å². The van der Waals surface area contributed by atoms with Crippen LogP contribution in [-0.2, 0) is 18.9 Å². The molecule has 9 nitrogen and oxygen atoms in total. The van der Waals surface area contributed by atoms with E-state index in [1.165, 1.54) is 36.4 Å². The zero-order chi connectivity index (χ0) is 36.6. The summed E-state index contributed by atoms with van der Waals surface area (Å²) in [7, 11) is 0. The van der Waals surface area contributed by atoms with E-state index in [0.29, 0.717) is 25.7 Å². The third kappa shape index (κ3) is 14.9. The van der Waals surface area contributed by atoms with E-state index in [4.69, 9.17) is 18.9 Å². The second kappa shape index (κ2) is 25.0. The van der Waals surface area contributed by atoms with E-state index in [1.54, 1.807) is 0 Å². The van der Waals surface area contributed by atoms with Crippen LogP contribution in [0.25, 0.3) is 0 Å². The topological polar surface area (TPSA) is 122 Å². The highest BCUT2D eigenvalue weighted by atomic mass is 16.5. The van der Waals surface area contributed by atoms with Gasteiger partial charge >= 0.3 is 23.9 Å². The Kier molecular flexibility index (Phi) is 21.1. The van der Waals surface area contributed by atoms with Crippen molar-refractivity contribution in [3.63, 3.8) is 0 Å². The van der Waals surface area contributed by atoms with Crippen molar-refractivity contribution >= 4 is 29.7 Å². The van der Waals surface area contributed by atoms with Gasteiger partial charge in [0.15, 0.2) is 5.78 Å². The second-order valence-corrected chi connectivity index (χ2v) is 12.6. The summed E-state index contributed by atoms with van der Waals surface area (Å²) < 4.78 is 21.9. The predicted octanol–water partition coefficient (Wildman–Crippen LogP) is 9.87. The van der Waals surface area contributed by atoms with E-state index < -0.39 is 29.7 Å². The fraction of sp³-hybridized carbons (Fsp3) is 0.585. The van der Waals surface area contributed by atoms with Gasteiger partial charge in [0.1, 0.15) is 0 Å². The van der Waals surface area contributed by atoms with Crippen molar-refractivity contribution in [2.24, 2.45) is 0 Å². The first kappa shape index (κ1) is 42.2. The third-order valence-corrected chi connectivity index (χ3v) is 8.37. The van der Waals surface area contributed by atoms with Crippen LogP contribution >= 0.6 is 0 Å². The minimum absolute atomic E-state index is 0.0139. The molecule has 50 heavy (non-hydrogen) atoms. The number of rotatable bonds is 26. The smallest absolute Gasteiger partial charge is 0.339 e. The van der Waals surface area contributed by atoms with Crippen molar-refractivity contribution in [3.05, 3.63) is 69.8 Å². The van der Waals surface area contributed by atoms with Crippen LogP contribution in [0.15, 0.2) is 36.4 Å². The maximum absolute atomic E-state index is 13.8. The summed E-state index contributed by atoms with van der Waals surface area (Å²) in [6.45, 7) is 9.16. The monoisotopic (exact) mass is 694 g/mol. The van der Waals surface area contributed by atoms with Crippen LogP contribution in [-0.4, -0.2) is 56.1 Å². The standard InChI is InChI=1S/C41H58O9/c1-5-9-13-17-25-47-38(43)33-23-21-31(29-35(33)40(45)49-27-19-15-11-7-3)37(42)32-22-24-34(39(44)48-26-18-14-10-6-2)36(30-32)41(46)50-28-20-16-12-8-4/h21-24,29-30H,5-20,25-28H2,1-4H3. The maximum Gasteiger partial charge on any atom is 0.339 e. The fourth-order valence-electron chi connectivity index (χ4n) is 5.32. The second-order valence-electron chi connectivity index (χ2n) is 12.6. The molecule has 0 N–H and O–H groups in total. The highest BCUT2D eigenvalue weighted by molar-refractivity contribution is 6.13. The van der Waals surface area contributed by atoms with Crippen LogP contribution in [0.2, 0.25) is 0 Å². The molecule has 2 aromatic carbocycles. The van der Waals surface area contributed by atoms with Crippen LogP contribution in [0.1, 0.15) is 188 Å². The molecule has 2 aromatic rings. The minimum atomic E-state index is -0.724. The van der Waals surface area contributed by atoms with Gasteiger partial charge in [-0.2, -0.15) is 0 Å². The number of ether oxygens (including phenoxy) is 4. The molecule has 0 unspecified atom stereocenters. The maximum atomic E-state index is 13.8. The van der Waals surface area contributed by atoms with Crippen LogP contribution in [0.4, 0.5) is 0 Å². The molecular weight excluding hydrogens is 636 g/mol. The lowest BCUT2D eigenvalue weighted by molar-refractivity contribution is 0.0450. The molecule has 0 aliphatic carbocycles. The lowest BCUT2D eigenvalue weighted by atomic mass is 9.95. The summed E-state index contributed by atoms with van der Waals surface area (Å²) in [5.41, 5.74) is 0.0971. The Morgan fingerprint density at radius 1 is 0.380 bits per heavy atom. The molecule has 0 aliphatic rings. The van der Waals surface area contributed by atoms with E-state index in [9.17, 15) is 24.0 Å². The molecule has 0 aromatic heterocycles. The van der Waals surface area contributed by atoms with E-state index in [0.717, 1.165) is 77.0 Å². The normalized spacial score (nSPS) is 10.8. The van der Waals surface area contributed by atoms with Gasteiger partial charge in [-0.1, -0.05) is 117 Å². The van der Waals surface area contributed by atoms with Crippen molar-refractivity contribution in [1.82, 2.24) is 0 Å². The van der Waals surface area contributed by atoms with E-state index in [2.05, 4.69) is 27.7 Å². The van der Waals surface area contributed by atoms with Gasteiger partial charge in [0, 0.05) is 11.1 Å². The van der Waals surface area contributed by atoms with Crippen LogP contribution in [0.5, 0.6) is 0 Å². The molecule has 0 amide bonds. The first-order valence-corrected chi connectivity index (χ1v) is 18.8. The summed E-state index contributed by atoms with van der Waals surface area (Å²) in [6, 6.07) is 8.33. The third-order valence-electron chi connectivity index (χ3n) is 8.37. The van der Waals surface area contributed by atoms with Gasteiger partial charge in [0.2, 0.25) is 0 Å². The quantitative estimate of drug-likeness (QED) is 0.0410. The molecule has 0 atom stereocenters. The SMILES string of the molecule is CCCCCCOC(=O)c1ccc(C(=O)c2ccc(C(=O)OCCCCCC)c(C(=O)OCCCCCC)c2)cc1C(=O)OCCCCCC. The van der Waals surface area contributed by atoms with Crippen LogP contribution < -0.4 is 0 Å². The highest BCUT2D eigenvalue weighted by Gasteiger charge is 2.25. The number of esters is 4. The van der Waals surface area contributed by atoms with Crippen LogP contribution in [0.3, 0.4) is 0 Å². The van der Waals surface area contributed by atoms with E-state index in [-0.39, 0.29) is 59.8 Å². The molecule has 0 aliphatic heterocycles. The Balaban J connectivity index is 2.39. The first-order chi connectivity index (χ1) is 24.3. The van der Waals surface area contributed by atoms with Gasteiger partial charge in [0.25, 0.3) is 0 Å². The molecule has 0 saturated heterocycles. The zero-order valence-electron chi connectivity index (χ0n) is 30.8. The molecule has 0 fully saturated rings. The average molecular weight is 695 g/mol. The summed E-state index contributed by atoms with van der Waals surface area (Å²) in [5.74, 6) is -3.30. The summed E-state index contributed by atoms with van der Waals surface area (Å²) in [5, 5.41) is 0. The number of benzene rings is 2. The Labute approximate surface area is 298 Å². The highest BCUT2D eigenvalue weighted by Crippen LogP contribution is 2.22. The van der Waals surface area contributed by atoms with E-state index in [1.807, 2.05) is 0 Å². The number of hydrogen-bond donors (Lipinski definition) is 0. The lowest BCUT2D eigenvalue weighted by Gasteiger charge is -2.13. The minimum Gasteiger partial charge on any atom is -0.462 e. The van der Waals surface area contributed by atoms with E-state index >= 15 is 0 Å². The molecule has 9 heteroatoms. The number of carbonyl (C=O) groups excluding carboxylic acids is 5. The lowest BCUT2D eigenvalue weighted by Crippen LogP contribution is -2.18. The van der Waals surface area contributed by atoms with Crippen molar-refractivity contribution in [3.8, 4) is 0 Å². The predicted molar refractivity (Wildman–Crippen MR) is 194 cm³/mol. The van der Waals surface area contributed by atoms with Gasteiger partial charge in [0.05, 0.1) is 48.7 Å². The van der Waals surface area contributed by atoms with Crippen LogP contribution in [0, 0.1) is 0 Å². The molecule has 276 valence electrons. The Morgan fingerprint density at radius 3 is 0.940 bits per heavy atom. The molecule has 0 bridgehead atoms. The Morgan fingerprint density at radius 2 is 0.660 bits per heavy atom. The summed E-state index contributed by atoms with van der Waals surface area (Å²) >= 11 is 0. The number of unbranched alkanes of at least 4 members (excludes halogenated alkanes) is 12. The number of ketones is 1. The molecule has 0 saturated carbocycles. The van der Waals surface area contributed by atoms with Gasteiger partial charge in [-0.15, -0.1) is 0 Å². The fourth-order valence-corrected chi connectivity index (χ4v) is 5.32. The first-order valence-electron chi connectivity index (χ1n) is 18.8. The van der Waals surface area contributed by atoms with Gasteiger partial charge < -0.3 is 18.9 Å². The molecule has 0 radical (unpaired) electrons. The number of carbonyl (C=O) groups is 5. The van der Waals surface area contributed by atoms with Gasteiger partial charge in [-0.3, -0.25) is 4.79 Å². The van der Waals surface area contributed by atoms with Crippen molar-refractivity contribution in [1.29, 1.82) is 0 Å². The molecule has 2 rings (SSSR count). The van der Waals surface area contributed by atoms with Gasteiger partial charge in [-0.05, 0) is 49.9 Å².